The van der Waals surface area contributed by atoms with Crippen molar-refractivity contribution in [2.45, 2.75) is 228 Å². The molecule has 12 atom stereocenters. The Morgan fingerprint density at radius 2 is 1.29 bits per heavy atom. The molecule has 0 aromatic rings. The fraction of sp³-hybridized carbons (Fsp3) is 0.938. The quantitative estimate of drug-likeness (QED) is 0.0890. The summed E-state index contributed by atoms with van der Waals surface area (Å²) in [5.41, 5.74) is 1.12. The summed E-state index contributed by atoms with van der Waals surface area (Å²) in [5.74, 6) is 2.31. The van der Waals surface area contributed by atoms with Gasteiger partial charge in [-0.25, -0.2) is 0 Å². The lowest BCUT2D eigenvalue weighted by molar-refractivity contribution is -0.276. The summed E-state index contributed by atoms with van der Waals surface area (Å²) >= 11 is 0. The standard InChI is InChI=1S/C48H84O4/c1-10-11-12-13-14-15-16-17-18-19-20-21-22-23-24-25-42(51)52-41-29-30-45(6)37(44(41,4)5)28-31-46(7)38(45)27-26-36-43-35(3)34(2)32-39(49)48(43,9)40(50)33-47(36,46)8/h32,35-41,43,49-50H,10-31,33H2,1-9H3/t35-,36-,37+,38-,39+,40+,41+,43-,45+,46-,47-,48-/m1/s1. The van der Waals surface area contributed by atoms with Crippen LogP contribution in [-0.4, -0.2) is 34.5 Å². The summed E-state index contributed by atoms with van der Waals surface area (Å²) in [6, 6.07) is 0. The lowest BCUT2D eigenvalue weighted by Gasteiger charge is -2.74. The molecule has 0 aliphatic heterocycles. The third-order valence-electron chi connectivity index (χ3n) is 17.9. The van der Waals surface area contributed by atoms with E-state index in [-0.39, 0.29) is 33.7 Å². The number of carbonyl (C=O) groups is 1. The average molecular weight is 725 g/mol. The largest absolute Gasteiger partial charge is 0.462 e. The first-order chi connectivity index (χ1) is 24.6. The van der Waals surface area contributed by atoms with Gasteiger partial charge in [0.05, 0.1) is 12.2 Å². The molecule has 0 aromatic heterocycles. The number of carbonyl (C=O) groups excluding carboxylic acids is 1. The minimum atomic E-state index is -0.579. The Kier molecular flexibility index (Phi) is 13.9. The minimum absolute atomic E-state index is 0.00208. The van der Waals surface area contributed by atoms with Crippen LogP contribution in [0.4, 0.5) is 0 Å². The highest BCUT2D eigenvalue weighted by atomic mass is 16.5. The molecule has 5 aliphatic carbocycles. The number of esters is 1. The van der Waals surface area contributed by atoms with Crippen LogP contribution < -0.4 is 0 Å². The van der Waals surface area contributed by atoms with Gasteiger partial charge < -0.3 is 14.9 Å². The van der Waals surface area contributed by atoms with Gasteiger partial charge in [0.1, 0.15) is 6.10 Å². The number of fused-ring (bicyclic) bond motifs is 7. The van der Waals surface area contributed by atoms with Crippen LogP contribution in [0.5, 0.6) is 0 Å². The highest BCUT2D eigenvalue weighted by Crippen LogP contribution is 2.76. The molecule has 0 unspecified atom stereocenters. The molecule has 0 radical (unpaired) electrons. The Balaban J connectivity index is 1.09. The Labute approximate surface area is 321 Å². The number of aliphatic hydroxyl groups excluding tert-OH is 2. The SMILES string of the molecule is CCCCCCCCCCCCCCCCCC(=O)O[C@H]1CC[C@]2(C)[C@H]3CC[C@@H]4[C@H]5[C@H](C)C(C)=C[C@H](O)[C@]5(C)[C@@H](O)C[C@@]4(C)[C@]3(C)CC[C@H]2C1(C)C. The van der Waals surface area contributed by atoms with E-state index in [1.807, 2.05) is 6.08 Å². The molecule has 4 fully saturated rings. The van der Waals surface area contributed by atoms with Crippen molar-refractivity contribution >= 4 is 5.97 Å². The maximum absolute atomic E-state index is 13.2. The van der Waals surface area contributed by atoms with Gasteiger partial charge in [-0.1, -0.05) is 157 Å². The molecule has 0 aromatic carbocycles. The van der Waals surface area contributed by atoms with Crippen LogP contribution in [0.3, 0.4) is 0 Å². The van der Waals surface area contributed by atoms with Crippen molar-refractivity contribution in [2.24, 2.45) is 56.7 Å². The molecule has 2 N–H and O–H groups in total. The summed E-state index contributed by atoms with van der Waals surface area (Å²) in [5, 5.41) is 23.4. The lowest BCUT2D eigenvalue weighted by Crippen LogP contribution is -2.70. The first kappa shape index (κ1) is 42.3. The number of hydrogen-bond acceptors (Lipinski definition) is 4. The van der Waals surface area contributed by atoms with E-state index in [4.69, 9.17) is 4.74 Å². The Bertz CT molecular complexity index is 1210. The van der Waals surface area contributed by atoms with E-state index >= 15 is 0 Å². The summed E-state index contributed by atoms with van der Waals surface area (Å²) in [6.45, 7) is 21.6. The zero-order chi connectivity index (χ0) is 38.0. The predicted octanol–water partition coefficient (Wildman–Crippen LogP) is 12.8. The van der Waals surface area contributed by atoms with Crippen molar-refractivity contribution in [1.82, 2.24) is 0 Å². The number of unbranched alkanes of at least 4 members (excludes halogenated alkanes) is 14. The minimum Gasteiger partial charge on any atom is -0.462 e. The molecule has 0 bridgehead atoms. The zero-order valence-electron chi connectivity index (χ0n) is 35.7. The van der Waals surface area contributed by atoms with Gasteiger partial charge in [-0.05, 0) is 104 Å². The van der Waals surface area contributed by atoms with Crippen LogP contribution in [0.2, 0.25) is 0 Å². The highest BCUT2D eigenvalue weighted by molar-refractivity contribution is 5.69. The second-order valence-corrected chi connectivity index (χ2v) is 21.0. The fourth-order valence-corrected chi connectivity index (χ4v) is 14.4. The van der Waals surface area contributed by atoms with Crippen molar-refractivity contribution in [3.63, 3.8) is 0 Å². The molecular formula is C48H84O4. The molecule has 4 heteroatoms. The molecule has 0 heterocycles. The summed E-state index contributed by atoms with van der Waals surface area (Å²) in [4.78, 5) is 13.2. The first-order valence-corrected chi connectivity index (χ1v) is 22.8. The van der Waals surface area contributed by atoms with Gasteiger partial charge in [0.15, 0.2) is 0 Å². The van der Waals surface area contributed by atoms with E-state index in [1.54, 1.807) is 0 Å². The van der Waals surface area contributed by atoms with E-state index in [0.717, 1.165) is 32.1 Å². The molecule has 0 spiro atoms. The first-order valence-electron chi connectivity index (χ1n) is 22.8. The monoisotopic (exact) mass is 725 g/mol. The predicted molar refractivity (Wildman–Crippen MR) is 217 cm³/mol. The van der Waals surface area contributed by atoms with Gasteiger partial charge in [0, 0.05) is 17.3 Å². The van der Waals surface area contributed by atoms with E-state index in [2.05, 4.69) is 62.3 Å². The van der Waals surface area contributed by atoms with Crippen molar-refractivity contribution in [3.8, 4) is 0 Å². The van der Waals surface area contributed by atoms with Crippen LogP contribution in [0.1, 0.15) is 210 Å². The van der Waals surface area contributed by atoms with Gasteiger partial charge in [-0.15, -0.1) is 0 Å². The van der Waals surface area contributed by atoms with Gasteiger partial charge in [-0.2, -0.15) is 0 Å². The van der Waals surface area contributed by atoms with Gasteiger partial charge in [0.25, 0.3) is 0 Å². The highest BCUT2D eigenvalue weighted by Gasteiger charge is 2.72. The Morgan fingerprint density at radius 1 is 0.731 bits per heavy atom. The van der Waals surface area contributed by atoms with Crippen molar-refractivity contribution < 1.29 is 19.7 Å². The maximum Gasteiger partial charge on any atom is 0.306 e. The summed E-state index contributed by atoms with van der Waals surface area (Å²) in [6.07, 6.45) is 29.2. The number of ether oxygens (including phenoxy) is 1. The van der Waals surface area contributed by atoms with Gasteiger partial charge >= 0.3 is 5.97 Å². The summed E-state index contributed by atoms with van der Waals surface area (Å²) in [7, 11) is 0. The molecular weight excluding hydrogens is 641 g/mol. The normalized spacial score (nSPS) is 42.3. The lowest BCUT2D eigenvalue weighted by atomic mass is 9.31. The van der Waals surface area contributed by atoms with Gasteiger partial charge in [0.2, 0.25) is 0 Å². The van der Waals surface area contributed by atoms with E-state index < -0.39 is 17.6 Å². The molecule has 0 amide bonds. The topological polar surface area (TPSA) is 66.8 Å². The number of hydrogen-bond donors (Lipinski definition) is 2. The third kappa shape index (κ3) is 7.76. The van der Waals surface area contributed by atoms with E-state index in [9.17, 15) is 15.0 Å². The van der Waals surface area contributed by atoms with E-state index in [1.165, 1.54) is 115 Å². The summed E-state index contributed by atoms with van der Waals surface area (Å²) < 4.78 is 6.40. The number of allylic oxidation sites excluding steroid dienone is 1. The van der Waals surface area contributed by atoms with Crippen molar-refractivity contribution in [2.75, 3.05) is 0 Å². The molecule has 5 aliphatic rings. The molecule has 4 saturated carbocycles. The molecule has 0 saturated heterocycles. The second kappa shape index (κ2) is 17.1. The van der Waals surface area contributed by atoms with Crippen LogP contribution >= 0.6 is 0 Å². The van der Waals surface area contributed by atoms with Crippen molar-refractivity contribution in [1.29, 1.82) is 0 Å². The zero-order valence-corrected chi connectivity index (χ0v) is 35.7. The second-order valence-electron chi connectivity index (χ2n) is 21.0. The number of rotatable bonds is 17. The van der Waals surface area contributed by atoms with Crippen LogP contribution in [0.25, 0.3) is 0 Å². The maximum atomic E-state index is 13.2. The number of aliphatic hydroxyl groups is 2. The third-order valence-corrected chi connectivity index (χ3v) is 17.9. The molecule has 4 nitrogen and oxygen atoms in total. The molecule has 52 heavy (non-hydrogen) atoms. The fourth-order valence-electron chi connectivity index (χ4n) is 14.4. The smallest absolute Gasteiger partial charge is 0.306 e. The molecule has 5 rings (SSSR count). The average Bonchev–Trinajstić information content (AvgIpc) is 3.08. The van der Waals surface area contributed by atoms with Crippen LogP contribution in [0.15, 0.2) is 11.6 Å². The molecule has 300 valence electrons. The van der Waals surface area contributed by atoms with Gasteiger partial charge in [-0.3, -0.25) is 4.79 Å². The van der Waals surface area contributed by atoms with E-state index in [0.29, 0.717) is 36.0 Å². The Morgan fingerprint density at radius 3 is 1.87 bits per heavy atom. The van der Waals surface area contributed by atoms with Crippen molar-refractivity contribution in [3.05, 3.63) is 11.6 Å². The Hall–Kier alpha value is -0.870. The van der Waals surface area contributed by atoms with Crippen LogP contribution in [-0.2, 0) is 9.53 Å². The van der Waals surface area contributed by atoms with Crippen LogP contribution in [0, 0.1) is 56.7 Å².